The van der Waals surface area contributed by atoms with Gasteiger partial charge in [0.15, 0.2) is 0 Å². The molecule has 5 fully saturated rings. The van der Waals surface area contributed by atoms with Crippen LogP contribution in [0.5, 0.6) is 0 Å². The second kappa shape index (κ2) is 8.31. The molecule has 6 nitrogen and oxygen atoms in total. The normalized spacial score (nSPS) is 43.6. The lowest BCUT2D eigenvalue weighted by atomic mass is 9.39. The summed E-state index contributed by atoms with van der Waals surface area (Å²) in [4.78, 5) is 24.8. The van der Waals surface area contributed by atoms with Crippen molar-refractivity contribution in [1.29, 1.82) is 0 Å². The van der Waals surface area contributed by atoms with Gasteiger partial charge < -0.3 is 20.7 Å². The summed E-state index contributed by atoms with van der Waals surface area (Å²) in [5, 5.41) is 9.19. The average molecular weight is 430 g/mol. The van der Waals surface area contributed by atoms with Gasteiger partial charge in [-0.1, -0.05) is 6.92 Å². The fraction of sp³-hybridized carbons (Fsp3) is 0.905. The fourth-order valence-electron chi connectivity index (χ4n) is 5.52. The zero-order chi connectivity index (χ0) is 20.6. The Morgan fingerprint density at radius 2 is 1.97 bits per heavy atom. The molecule has 0 spiro atoms. The smallest absolute Gasteiger partial charge is 0.246 e. The van der Waals surface area contributed by atoms with Gasteiger partial charge in [-0.05, 0) is 57.4 Å². The average Bonchev–Trinajstić information content (AvgIpc) is 2.63. The van der Waals surface area contributed by atoms with Crippen LogP contribution >= 0.6 is 11.6 Å². The van der Waals surface area contributed by atoms with Crippen LogP contribution in [-0.4, -0.2) is 60.7 Å². The van der Waals surface area contributed by atoms with Gasteiger partial charge in [-0.15, -0.1) is 11.6 Å². The predicted molar refractivity (Wildman–Crippen MR) is 108 cm³/mol. The van der Waals surface area contributed by atoms with Crippen molar-refractivity contribution in [1.82, 2.24) is 16.0 Å². The van der Waals surface area contributed by atoms with Crippen LogP contribution in [0.2, 0.25) is 0 Å². The lowest BCUT2D eigenvalue weighted by Gasteiger charge is -2.69. The van der Waals surface area contributed by atoms with Crippen molar-refractivity contribution in [3.63, 3.8) is 0 Å². The first kappa shape index (κ1) is 21.3. The summed E-state index contributed by atoms with van der Waals surface area (Å²) in [6.45, 7) is 3.88. The van der Waals surface area contributed by atoms with Crippen LogP contribution in [0.4, 0.5) is 4.39 Å². The molecule has 1 saturated heterocycles. The Morgan fingerprint density at radius 1 is 1.21 bits per heavy atom. The number of carbonyl (C=O) groups excluding carboxylic acids is 2. The van der Waals surface area contributed by atoms with Crippen molar-refractivity contribution in [2.75, 3.05) is 19.7 Å². The Bertz CT molecular complexity index is 621. The molecule has 4 saturated carbocycles. The third kappa shape index (κ3) is 4.57. The molecule has 5 aliphatic rings. The van der Waals surface area contributed by atoms with Crippen LogP contribution in [0.25, 0.3) is 0 Å². The molecule has 5 unspecified atom stereocenters. The Kier molecular flexibility index (Phi) is 6.11. The summed E-state index contributed by atoms with van der Waals surface area (Å²) < 4.78 is 19.2. The first-order chi connectivity index (χ1) is 13.8. The van der Waals surface area contributed by atoms with Gasteiger partial charge in [-0.25, -0.2) is 4.39 Å². The maximum Gasteiger partial charge on any atom is 0.246 e. The summed E-state index contributed by atoms with van der Waals surface area (Å²) >= 11 is 5.88. The molecule has 0 radical (unpaired) electrons. The minimum atomic E-state index is -1.07. The van der Waals surface area contributed by atoms with Crippen LogP contribution in [0.15, 0.2) is 0 Å². The van der Waals surface area contributed by atoms with E-state index in [1.807, 2.05) is 0 Å². The maximum absolute atomic E-state index is 13.7. The number of alkyl halides is 2. The Hall–Kier alpha value is -0.920. The quantitative estimate of drug-likeness (QED) is 0.541. The minimum absolute atomic E-state index is 0.0585. The topological polar surface area (TPSA) is 79.5 Å². The highest BCUT2D eigenvalue weighted by molar-refractivity contribution is 6.21. The van der Waals surface area contributed by atoms with E-state index >= 15 is 0 Å². The lowest BCUT2D eigenvalue weighted by Crippen LogP contribution is -2.78. The Balaban J connectivity index is 1.13. The van der Waals surface area contributed by atoms with Gasteiger partial charge >= 0.3 is 0 Å². The number of nitrogens with one attached hydrogen (secondary N) is 3. The first-order valence-corrected chi connectivity index (χ1v) is 11.5. The second-order valence-corrected chi connectivity index (χ2v) is 10.5. The third-order valence-electron chi connectivity index (χ3n) is 7.28. The van der Waals surface area contributed by atoms with Crippen LogP contribution in [-0.2, 0) is 14.3 Å². The Morgan fingerprint density at radius 3 is 2.62 bits per heavy atom. The largest absolute Gasteiger partial charge is 0.368 e. The molecule has 1 heterocycles. The van der Waals surface area contributed by atoms with E-state index in [4.69, 9.17) is 16.3 Å². The number of amides is 2. The molecular formula is C21H33ClFN3O3. The molecular weight excluding hydrogens is 397 g/mol. The highest BCUT2D eigenvalue weighted by atomic mass is 35.5. The van der Waals surface area contributed by atoms with Crippen LogP contribution in [0, 0.1) is 11.3 Å². The standard InChI is InChI=1S/C21H33ClFN3O3/c1-13-2-3-14(24-7-13)8-25-19(28)20-10-21(11-20,12-20)26-18(27)9-29-15-4-5-16(22)17(23)6-15/h13-17,24H,2-12H2,1H3,(H,25,28)(H,26,27). The van der Waals surface area contributed by atoms with Crippen LogP contribution < -0.4 is 16.0 Å². The van der Waals surface area contributed by atoms with Crippen LogP contribution in [0.3, 0.4) is 0 Å². The number of hydrogen-bond donors (Lipinski definition) is 3. The molecule has 1 aliphatic heterocycles. The molecule has 0 aromatic carbocycles. The van der Waals surface area contributed by atoms with Crippen molar-refractivity contribution in [2.45, 2.75) is 87.5 Å². The van der Waals surface area contributed by atoms with Crippen molar-refractivity contribution in [3.05, 3.63) is 0 Å². The summed E-state index contributed by atoms with van der Waals surface area (Å²) in [7, 11) is 0. The Labute approximate surface area is 177 Å². The molecule has 2 amide bonds. The van der Waals surface area contributed by atoms with E-state index in [1.165, 1.54) is 6.42 Å². The summed E-state index contributed by atoms with van der Waals surface area (Å²) in [5.41, 5.74) is -0.539. The van der Waals surface area contributed by atoms with Crippen molar-refractivity contribution in [3.8, 4) is 0 Å². The zero-order valence-electron chi connectivity index (χ0n) is 17.1. The van der Waals surface area contributed by atoms with Gasteiger partial charge in [0.25, 0.3) is 0 Å². The van der Waals surface area contributed by atoms with Gasteiger partial charge in [-0.3, -0.25) is 9.59 Å². The number of hydrogen-bond acceptors (Lipinski definition) is 4. The summed E-state index contributed by atoms with van der Waals surface area (Å²) in [6.07, 6.45) is 4.62. The molecule has 4 aliphatic carbocycles. The predicted octanol–water partition coefficient (Wildman–Crippen LogP) is 2.04. The molecule has 5 rings (SSSR count). The number of halogens is 2. The number of ether oxygens (including phenoxy) is 1. The summed E-state index contributed by atoms with van der Waals surface area (Å²) in [6, 6.07) is 0.367. The number of carbonyl (C=O) groups is 2. The molecule has 8 heteroatoms. The molecule has 0 aromatic rings. The molecule has 29 heavy (non-hydrogen) atoms. The zero-order valence-corrected chi connectivity index (χ0v) is 17.9. The van der Waals surface area contributed by atoms with Gasteiger partial charge in [0.05, 0.1) is 16.9 Å². The number of piperidine rings is 1. The maximum atomic E-state index is 13.7. The van der Waals surface area contributed by atoms with E-state index in [-0.39, 0.29) is 41.9 Å². The molecule has 5 atom stereocenters. The lowest BCUT2D eigenvalue weighted by molar-refractivity contribution is -0.184. The second-order valence-electron chi connectivity index (χ2n) is 9.91. The van der Waals surface area contributed by atoms with Gasteiger partial charge in [0.1, 0.15) is 12.8 Å². The molecule has 0 aromatic heterocycles. The van der Waals surface area contributed by atoms with E-state index in [0.29, 0.717) is 50.6 Å². The minimum Gasteiger partial charge on any atom is -0.368 e. The van der Waals surface area contributed by atoms with E-state index < -0.39 is 11.5 Å². The van der Waals surface area contributed by atoms with Gasteiger partial charge in [0.2, 0.25) is 11.8 Å². The monoisotopic (exact) mass is 429 g/mol. The van der Waals surface area contributed by atoms with E-state index in [1.54, 1.807) is 0 Å². The van der Waals surface area contributed by atoms with Gasteiger partial charge in [0, 0.05) is 24.5 Å². The first-order valence-electron chi connectivity index (χ1n) is 11.0. The molecule has 164 valence electrons. The van der Waals surface area contributed by atoms with E-state index in [9.17, 15) is 14.0 Å². The van der Waals surface area contributed by atoms with Crippen molar-refractivity contribution >= 4 is 23.4 Å². The van der Waals surface area contributed by atoms with Crippen molar-refractivity contribution < 1.29 is 18.7 Å². The highest BCUT2D eigenvalue weighted by Gasteiger charge is 2.72. The third-order valence-corrected chi connectivity index (χ3v) is 7.78. The van der Waals surface area contributed by atoms with E-state index in [2.05, 4.69) is 22.9 Å². The van der Waals surface area contributed by atoms with Crippen molar-refractivity contribution in [2.24, 2.45) is 11.3 Å². The van der Waals surface area contributed by atoms with Crippen LogP contribution in [0.1, 0.15) is 58.3 Å². The van der Waals surface area contributed by atoms with E-state index in [0.717, 1.165) is 13.0 Å². The molecule has 2 bridgehead atoms. The van der Waals surface area contributed by atoms with Gasteiger partial charge in [-0.2, -0.15) is 0 Å². The summed E-state index contributed by atoms with van der Waals surface area (Å²) in [5.74, 6) is 0.653. The molecule has 3 N–H and O–H groups in total. The number of rotatable bonds is 7. The fourth-order valence-corrected chi connectivity index (χ4v) is 5.74. The highest BCUT2D eigenvalue weighted by Crippen LogP contribution is 2.67. The SMILES string of the molecule is CC1CCC(CNC(=O)C23CC(NC(=O)COC4CCC(Cl)C(F)C4)(C2)C3)NC1.